The van der Waals surface area contributed by atoms with Gasteiger partial charge in [0.2, 0.25) is 0 Å². The highest BCUT2D eigenvalue weighted by atomic mass is 16.5. The highest BCUT2D eigenvalue weighted by Gasteiger charge is 2.29. The van der Waals surface area contributed by atoms with E-state index >= 15 is 0 Å². The first kappa shape index (κ1) is 14.2. The Kier molecular flexibility index (Phi) is 4.32. The lowest BCUT2D eigenvalue weighted by Crippen LogP contribution is -2.44. The Balaban J connectivity index is 2.22. The van der Waals surface area contributed by atoms with E-state index in [1.807, 2.05) is 18.2 Å². The lowest BCUT2D eigenvalue weighted by atomic mass is 9.91. The molecule has 0 aromatic heterocycles. The van der Waals surface area contributed by atoms with E-state index in [-0.39, 0.29) is 0 Å². The van der Waals surface area contributed by atoms with Gasteiger partial charge in [0.1, 0.15) is 11.5 Å². The normalized spacial score (nSPS) is 19.2. The molecule has 1 aliphatic rings. The molecule has 0 unspecified atom stereocenters. The molecule has 1 aromatic rings. The van der Waals surface area contributed by atoms with Gasteiger partial charge in [0.25, 0.3) is 0 Å². The molecule has 0 radical (unpaired) electrons. The Morgan fingerprint density at radius 3 is 2.47 bits per heavy atom. The molecule has 106 valence electrons. The zero-order valence-electron chi connectivity index (χ0n) is 12.1. The van der Waals surface area contributed by atoms with Crippen LogP contribution in [0.5, 0.6) is 11.5 Å². The van der Waals surface area contributed by atoms with Crippen molar-refractivity contribution in [3.05, 3.63) is 23.8 Å². The summed E-state index contributed by atoms with van der Waals surface area (Å²) in [5.74, 6) is 1.58. The van der Waals surface area contributed by atoms with E-state index in [9.17, 15) is 0 Å². The van der Waals surface area contributed by atoms with Gasteiger partial charge in [0, 0.05) is 18.2 Å². The predicted octanol–water partition coefficient (Wildman–Crippen LogP) is 1.97. The minimum Gasteiger partial charge on any atom is -0.497 e. The molecule has 4 heteroatoms. The monoisotopic (exact) mass is 264 g/mol. The largest absolute Gasteiger partial charge is 0.497 e. The second kappa shape index (κ2) is 5.80. The first-order chi connectivity index (χ1) is 9.06. The maximum atomic E-state index is 6.52. The predicted molar refractivity (Wildman–Crippen MR) is 76.8 cm³/mol. The van der Waals surface area contributed by atoms with Crippen LogP contribution < -0.4 is 15.2 Å². The molecule has 0 bridgehead atoms. The van der Waals surface area contributed by atoms with Crippen LogP contribution in [0.15, 0.2) is 18.2 Å². The fourth-order valence-electron chi connectivity index (χ4n) is 2.76. The minimum atomic E-state index is -0.415. The lowest BCUT2D eigenvalue weighted by molar-refractivity contribution is 0.255. The van der Waals surface area contributed by atoms with Crippen LogP contribution >= 0.6 is 0 Å². The smallest absolute Gasteiger partial charge is 0.127 e. The molecule has 1 atom stereocenters. The standard InChI is InChI=1S/C15H24N2O2/c1-15(16,11-17-8-4-5-9-17)13-7-6-12(18-2)10-14(13)19-3/h6-7,10H,4-5,8-9,11,16H2,1-3H3/t15-/m1/s1. The summed E-state index contributed by atoms with van der Waals surface area (Å²) >= 11 is 0. The van der Waals surface area contributed by atoms with Crippen molar-refractivity contribution in [1.82, 2.24) is 4.90 Å². The van der Waals surface area contributed by atoms with Crippen molar-refractivity contribution >= 4 is 0 Å². The van der Waals surface area contributed by atoms with Crippen molar-refractivity contribution < 1.29 is 9.47 Å². The average molecular weight is 264 g/mol. The van der Waals surface area contributed by atoms with Gasteiger partial charge in [0.05, 0.1) is 19.8 Å². The average Bonchev–Trinajstić information content (AvgIpc) is 2.89. The van der Waals surface area contributed by atoms with Crippen molar-refractivity contribution in [3.8, 4) is 11.5 Å². The lowest BCUT2D eigenvalue weighted by Gasteiger charge is -2.31. The quantitative estimate of drug-likeness (QED) is 0.883. The Labute approximate surface area is 115 Å². The molecule has 2 rings (SSSR count). The summed E-state index contributed by atoms with van der Waals surface area (Å²) in [4.78, 5) is 2.42. The Hall–Kier alpha value is -1.26. The van der Waals surface area contributed by atoms with Crippen LogP contribution in [0.3, 0.4) is 0 Å². The third-order valence-corrected chi connectivity index (χ3v) is 3.77. The maximum Gasteiger partial charge on any atom is 0.127 e. The molecule has 1 aromatic carbocycles. The number of methoxy groups -OCH3 is 2. The Morgan fingerprint density at radius 2 is 1.89 bits per heavy atom. The van der Waals surface area contributed by atoms with Gasteiger partial charge in [-0.1, -0.05) is 0 Å². The topological polar surface area (TPSA) is 47.7 Å². The number of nitrogens with zero attached hydrogens (tertiary/aromatic N) is 1. The third kappa shape index (κ3) is 3.19. The van der Waals surface area contributed by atoms with Gasteiger partial charge in [-0.25, -0.2) is 0 Å². The molecule has 0 spiro atoms. The van der Waals surface area contributed by atoms with Crippen molar-refractivity contribution in [2.75, 3.05) is 33.9 Å². The molecule has 4 nitrogen and oxygen atoms in total. The van der Waals surface area contributed by atoms with E-state index in [1.165, 1.54) is 12.8 Å². The van der Waals surface area contributed by atoms with Crippen LogP contribution in [0.1, 0.15) is 25.3 Å². The Bertz CT molecular complexity index is 426. The van der Waals surface area contributed by atoms with Crippen LogP contribution in [-0.2, 0) is 5.54 Å². The highest BCUT2D eigenvalue weighted by Crippen LogP contribution is 2.32. The molecule has 0 amide bonds. The van der Waals surface area contributed by atoms with Crippen molar-refractivity contribution in [1.29, 1.82) is 0 Å². The highest BCUT2D eigenvalue weighted by molar-refractivity contribution is 5.44. The number of benzene rings is 1. The van der Waals surface area contributed by atoms with Crippen LogP contribution in [0.2, 0.25) is 0 Å². The number of hydrogen-bond donors (Lipinski definition) is 1. The van der Waals surface area contributed by atoms with E-state index in [1.54, 1.807) is 14.2 Å². The summed E-state index contributed by atoms with van der Waals surface area (Å²) in [6.07, 6.45) is 2.55. The van der Waals surface area contributed by atoms with E-state index in [0.29, 0.717) is 0 Å². The van der Waals surface area contributed by atoms with E-state index in [2.05, 4.69) is 11.8 Å². The molecule has 1 aliphatic heterocycles. The molecule has 1 heterocycles. The summed E-state index contributed by atoms with van der Waals surface area (Å²) in [7, 11) is 3.32. The molecule has 1 saturated heterocycles. The summed E-state index contributed by atoms with van der Waals surface area (Å²) in [5, 5.41) is 0. The van der Waals surface area contributed by atoms with Crippen molar-refractivity contribution in [2.24, 2.45) is 5.73 Å². The van der Waals surface area contributed by atoms with Gasteiger partial charge >= 0.3 is 0 Å². The molecule has 1 fully saturated rings. The van der Waals surface area contributed by atoms with E-state index in [4.69, 9.17) is 15.2 Å². The number of hydrogen-bond acceptors (Lipinski definition) is 4. The number of ether oxygens (including phenoxy) is 2. The first-order valence-electron chi connectivity index (χ1n) is 6.80. The molecular weight excluding hydrogens is 240 g/mol. The van der Waals surface area contributed by atoms with Crippen molar-refractivity contribution in [3.63, 3.8) is 0 Å². The zero-order valence-corrected chi connectivity index (χ0v) is 12.1. The summed E-state index contributed by atoms with van der Waals surface area (Å²) in [6, 6.07) is 5.84. The van der Waals surface area contributed by atoms with E-state index in [0.717, 1.165) is 36.7 Å². The van der Waals surface area contributed by atoms with Crippen LogP contribution in [0, 0.1) is 0 Å². The fraction of sp³-hybridized carbons (Fsp3) is 0.600. The van der Waals surface area contributed by atoms with Crippen LogP contribution in [0.25, 0.3) is 0 Å². The minimum absolute atomic E-state index is 0.415. The molecule has 0 aliphatic carbocycles. The van der Waals surface area contributed by atoms with Gasteiger partial charge in [0.15, 0.2) is 0 Å². The second-order valence-corrected chi connectivity index (χ2v) is 5.47. The van der Waals surface area contributed by atoms with Crippen LogP contribution in [0.4, 0.5) is 0 Å². The van der Waals surface area contributed by atoms with E-state index < -0.39 is 5.54 Å². The molecule has 2 N–H and O–H groups in total. The van der Waals surface area contributed by atoms with Gasteiger partial charge in [-0.3, -0.25) is 0 Å². The van der Waals surface area contributed by atoms with Gasteiger partial charge < -0.3 is 20.1 Å². The fourth-order valence-corrected chi connectivity index (χ4v) is 2.76. The molecule has 0 saturated carbocycles. The summed E-state index contributed by atoms with van der Waals surface area (Å²) in [5.41, 5.74) is 7.14. The zero-order chi connectivity index (χ0) is 13.9. The third-order valence-electron chi connectivity index (χ3n) is 3.77. The number of likely N-dealkylation sites (tertiary alicyclic amines) is 1. The van der Waals surface area contributed by atoms with Gasteiger partial charge in [-0.05, 0) is 45.0 Å². The van der Waals surface area contributed by atoms with Gasteiger partial charge in [-0.15, -0.1) is 0 Å². The second-order valence-electron chi connectivity index (χ2n) is 5.47. The Morgan fingerprint density at radius 1 is 1.21 bits per heavy atom. The maximum absolute atomic E-state index is 6.52. The summed E-state index contributed by atoms with van der Waals surface area (Å²) < 4.78 is 10.7. The van der Waals surface area contributed by atoms with Crippen molar-refractivity contribution in [2.45, 2.75) is 25.3 Å². The molecule has 19 heavy (non-hydrogen) atoms. The number of rotatable bonds is 5. The number of nitrogens with two attached hydrogens (primary N) is 1. The SMILES string of the molecule is COc1ccc([C@](C)(N)CN2CCCC2)c(OC)c1. The molecular formula is C15H24N2O2. The first-order valence-corrected chi connectivity index (χ1v) is 6.80. The van der Waals surface area contributed by atoms with Crippen LogP contribution in [-0.4, -0.2) is 38.8 Å². The summed E-state index contributed by atoms with van der Waals surface area (Å²) in [6.45, 7) is 5.21. The van der Waals surface area contributed by atoms with Gasteiger partial charge in [-0.2, -0.15) is 0 Å².